The van der Waals surface area contributed by atoms with Gasteiger partial charge in [0.05, 0.1) is 0 Å². The van der Waals surface area contributed by atoms with Gasteiger partial charge >= 0.3 is 5.97 Å². The lowest BCUT2D eigenvalue weighted by Crippen LogP contribution is -2.01. The molecule has 0 heterocycles. The predicted molar refractivity (Wildman–Crippen MR) is 58.5 cm³/mol. The third kappa shape index (κ3) is 4.22. The van der Waals surface area contributed by atoms with Gasteiger partial charge in [-0.05, 0) is 31.0 Å². The number of phenolic OH excluding ortho intramolecular Hbond substituents is 1. The first kappa shape index (κ1) is 13.2. The summed E-state index contributed by atoms with van der Waals surface area (Å²) in [7, 11) is 0. The number of hydrogen-bond acceptors (Lipinski definition) is 3. The normalized spacial score (nSPS) is 10.2. The third-order valence-electron chi connectivity index (χ3n) is 2.31. The zero-order chi connectivity index (χ0) is 12.8. The Balaban J connectivity index is 2.47. The molecule has 0 fully saturated rings. The lowest BCUT2D eigenvalue weighted by atomic mass is 10.0. The van der Waals surface area contributed by atoms with Crippen molar-refractivity contribution in [2.45, 2.75) is 25.7 Å². The van der Waals surface area contributed by atoms with Gasteiger partial charge in [-0.25, -0.2) is 4.39 Å². The third-order valence-corrected chi connectivity index (χ3v) is 2.31. The van der Waals surface area contributed by atoms with Gasteiger partial charge in [0.2, 0.25) is 0 Å². The smallest absolute Gasteiger partial charge is 0.303 e. The van der Waals surface area contributed by atoms with Crippen LogP contribution in [0.1, 0.15) is 36.0 Å². The van der Waals surface area contributed by atoms with E-state index in [1.807, 2.05) is 0 Å². The first-order valence-corrected chi connectivity index (χ1v) is 5.24. The van der Waals surface area contributed by atoms with Gasteiger partial charge in [-0.1, -0.05) is 0 Å². The van der Waals surface area contributed by atoms with E-state index in [0.717, 1.165) is 12.1 Å². The number of aliphatic carboxylic acids is 1. The van der Waals surface area contributed by atoms with Gasteiger partial charge in [0.15, 0.2) is 17.3 Å². The van der Waals surface area contributed by atoms with Gasteiger partial charge in [-0.3, -0.25) is 9.59 Å². The highest BCUT2D eigenvalue weighted by Gasteiger charge is 2.09. The quantitative estimate of drug-likeness (QED) is 0.591. The minimum absolute atomic E-state index is 0.0250. The van der Waals surface area contributed by atoms with E-state index in [-0.39, 0.29) is 24.2 Å². The van der Waals surface area contributed by atoms with E-state index in [1.165, 1.54) is 6.07 Å². The molecular formula is C12H13FO4. The van der Waals surface area contributed by atoms with Crippen LogP contribution in [0, 0.1) is 5.82 Å². The summed E-state index contributed by atoms with van der Waals surface area (Å²) in [6.07, 6.45) is 1.07. The van der Waals surface area contributed by atoms with E-state index in [9.17, 15) is 14.0 Å². The molecule has 17 heavy (non-hydrogen) atoms. The molecule has 0 amide bonds. The summed E-state index contributed by atoms with van der Waals surface area (Å²) < 4.78 is 13.0. The molecule has 1 aromatic carbocycles. The number of aromatic hydroxyl groups is 1. The number of benzene rings is 1. The molecule has 0 aliphatic rings. The number of carbonyl (C=O) groups is 2. The van der Waals surface area contributed by atoms with Crippen molar-refractivity contribution in [3.63, 3.8) is 0 Å². The molecule has 0 radical (unpaired) electrons. The molecule has 0 saturated heterocycles. The molecule has 1 aromatic rings. The minimum Gasteiger partial charge on any atom is -0.505 e. The molecule has 0 unspecified atom stereocenters. The topological polar surface area (TPSA) is 74.6 Å². The average molecular weight is 240 g/mol. The first-order chi connectivity index (χ1) is 8.00. The maximum atomic E-state index is 13.0. The van der Waals surface area contributed by atoms with Crippen LogP contribution in [0.15, 0.2) is 18.2 Å². The monoisotopic (exact) mass is 240 g/mol. The number of unbranched alkanes of at least 4 members (excludes halogenated alkanes) is 1. The number of halogens is 1. The van der Waals surface area contributed by atoms with Crippen LogP contribution in [-0.2, 0) is 4.79 Å². The molecule has 5 heteroatoms. The molecule has 2 N–H and O–H groups in total. The highest BCUT2D eigenvalue weighted by molar-refractivity contribution is 5.96. The van der Waals surface area contributed by atoms with E-state index in [2.05, 4.69) is 0 Å². The maximum Gasteiger partial charge on any atom is 0.303 e. The van der Waals surface area contributed by atoms with Gasteiger partial charge < -0.3 is 10.2 Å². The summed E-state index contributed by atoms with van der Waals surface area (Å²) in [6.45, 7) is 0. The Kier molecular flexibility index (Phi) is 4.63. The molecule has 0 aliphatic heterocycles. The van der Waals surface area contributed by atoms with Gasteiger partial charge in [-0.2, -0.15) is 0 Å². The number of rotatable bonds is 6. The molecule has 0 atom stereocenters. The second kappa shape index (κ2) is 5.98. The molecule has 0 bridgehead atoms. The van der Waals surface area contributed by atoms with Crippen molar-refractivity contribution in [3.8, 4) is 5.75 Å². The number of phenols is 1. The Labute approximate surface area is 97.7 Å². The van der Waals surface area contributed by atoms with Crippen LogP contribution >= 0.6 is 0 Å². The summed E-state index contributed by atoms with van der Waals surface area (Å²) in [4.78, 5) is 21.8. The highest BCUT2D eigenvalue weighted by atomic mass is 19.1. The Bertz CT molecular complexity index is 429. The number of hydrogen-bond donors (Lipinski definition) is 2. The molecular weight excluding hydrogens is 227 g/mol. The fourth-order valence-corrected chi connectivity index (χ4v) is 1.39. The highest BCUT2D eigenvalue weighted by Crippen LogP contribution is 2.17. The van der Waals surface area contributed by atoms with Gasteiger partial charge in [0.25, 0.3) is 0 Å². The van der Waals surface area contributed by atoms with E-state index in [1.54, 1.807) is 0 Å². The molecule has 92 valence electrons. The van der Waals surface area contributed by atoms with Crippen LogP contribution in [0.2, 0.25) is 0 Å². The molecule has 1 rings (SSSR count). The zero-order valence-corrected chi connectivity index (χ0v) is 9.15. The van der Waals surface area contributed by atoms with Crippen molar-refractivity contribution >= 4 is 11.8 Å². The second-order valence-electron chi connectivity index (χ2n) is 3.69. The molecule has 0 aromatic heterocycles. The van der Waals surface area contributed by atoms with Crippen molar-refractivity contribution in [2.24, 2.45) is 0 Å². The average Bonchev–Trinajstić information content (AvgIpc) is 2.27. The van der Waals surface area contributed by atoms with Crippen molar-refractivity contribution in [3.05, 3.63) is 29.6 Å². The summed E-state index contributed by atoms with van der Waals surface area (Å²) >= 11 is 0. The summed E-state index contributed by atoms with van der Waals surface area (Å²) in [5, 5.41) is 17.3. The van der Waals surface area contributed by atoms with Crippen LogP contribution in [0.3, 0.4) is 0 Å². The molecule has 4 nitrogen and oxygen atoms in total. The fourth-order valence-electron chi connectivity index (χ4n) is 1.39. The van der Waals surface area contributed by atoms with Crippen molar-refractivity contribution in [2.75, 3.05) is 0 Å². The van der Waals surface area contributed by atoms with E-state index < -0.39 is 17.5 Å². The Morgan fingerprint density at radius 2 is 1.82 bits per heavy atom. The number of carboxylic acids is 1. The summed E-state index contributed by atoms with van der Waals surface area (Å²) in [6, 6.07) is 3.45. The molecule has 0 aliphatic carbocycles. The van der Waals surface area contributed by atoms with Gasteiger partial charge in [-0.15, -0.1) is 0 Å². The van der Waals surface area contributed by atoms with Crippen molar-refractivity contribution in [1.82, 2.24) is 0 Å². The maximum absolute atomic E-state index is 13.0. The number of ketones is 1. The van der Waals surface area contributed by atoms with Gasteiger partial charge in [0.1, 0.15) is 0 Å². The second-order valence-corrected chi connectivity index (χ2v) is 3.69. The van der Waals surface area contributed by atoms with Crippen LogP contribution in [-0.4, -0.2) is 22.0 Å². The largest absolute Gasteiger partial charge is 0.505 e. The standard InChI is InChI=1S/C12H13FO4/c13-9-7-8(5-6-11(9)15)10(14)3-1-2-4-12(16)17/h5-7,15H,1-4H2,(H,16,17). The fraction of sp³-hybridized carbons (Fsp3) is 0.333. The van der Waals surface area contributed by atoms with Gasteiger partial charge in [0, 0.05) is 18.4 Å². The number of carboxylic acid groups (broad SMARTS) is 1. The lowest BCUT2D eigenvalue weighted by molar-refractivity contribution is -0.137. The van der Waals surface area contributed by atoms with Crippen LogP contribution in [0.5, 0.6) is 5.75 Å². The Morgan fingerprint density at radius 3 is 2.41 bits per heavy atom. The van der Waals surface area contributed by atoms with E-state index in [0.29, 0.717) is 12.8 Å². The zero-order valence-electron chi connectivity index (χ0n) is 9.15. The van der Waals surface area contributed by atoms with Crippen LogP contribution in [0.25, 0.3) is 0 Å². The molecule has 0 spiro atoms. The van der Waals surface area contributed by atoms with Crippen LogP contribution in [0.4, 0.5) is 4.39 Å². The van der Waals surface area contributed by atoms with E-state index >= 15 is 0 Å². The van der Waals surface area contributed by atoms with Crippen LogP contribution < -0.4 is 0 Å². The molecule has 0 saturated carbocycles. The van der Waals surface area contributed by atoms with Crippen molar-refractivity contribution < 1.29 is 24.2 Å². The number of Topliss-reactive ketones (excluding diaryl/α,β-unsaturated/α-hetero) is 1. The lowest BCUT2D eigenvalue weighted by Gasteiger charge is -2.02. The minimum atomic E-state index is -0.895. The number of carbonyl (C=O) groups excluding carboxylic acids is 1. The Hall–Kier alpha value is -1.91. The summed E-state index contributed by atoms with van der Waals surface area (Å²) in [5.41, 5.74) is 0.190. The first-order valence-electron chi connectivity index (χ1n) is 5.24. The van der Waals surface area contributed by atoms with E-state index in [4.69, 9.17) is 10.2 Å². The SMILES string of the molecule is O=C(O)CCCCC(=O)c1ccc(O)c(F)c1. The van der Waals surface area contributed by atoms with Crippen molar-refractivity contribution in [1.29, 1.82) is 0 Å². The Morgan fingerprint density at radius 1 is 1.18 bits per heavy atom. The predicted octanol–water partition coefficient (Wildman–Crippen LogP) is 2.36. The summed E-state index contributed by atoms with van der Waals surface area (Å²) in [5.74, 6) is -2.48.